The summed E-state index contributed by atoms with van der Waals surface area (Å²) in [6.45, 7) is 20.7. The molecule has 7 unspecified atom stereocenters. The van der Waals surface area contributed by atoms with Crippen molar-refractivity contribution in [3.63, 3.8) is 0 Å². The Labute approximate surface area is 187 Å². The van der Waals surface area contributed by atoms with Gasteiger partial charge in [0, 0.05) is 0 Å². The summed E-state index contributed by atoms with van der Waals surface area (Å²) in [6, 6.07) is 0. The quantitative estimate of drug-likeness (QED) is 0.406. The Morgan fingerprint density at radius 3 is 2.27 bits per heavy atom. The minimum absolute atomic E-state index is 0.385. The highest BCUT2D eigenvalue weighted by atomic mass is 14.7. The highest BCUT2D eigenvalue weighted by Crippen LogP contribution is 2.74. The van der Waals surface area contributed by atoms with Gasteiger partial charge < -0.3 is 0 Å². The molecule has 168 valence electrons. The Balaban J connectivity index is 1.57. The molecule has 0 N–H and O–H groups in total. The standard InChI is InChI=1S/C30H48/c1-20(2)22-9-10-25-28(22,6)17-18-29(7)23-12-13-27(5)16-15-26(3,4)19-24(27)21(23)11-14-30(25,29)8/h11-12,20,22,24-25H,9-10,13-19H2,1-8H3. The van der Waals surface area contributed by atoms with Gasteiger partial charge in [0.25, 0.3) is 0 Å². The first-order valence-corrected chi connectivity index (χ1v) is 13.3. The van der Waals surface area contributed by atoms with Crippen LogP contribution in [-0.4, -0.2) is 0 Å². The largest absolute Gasteiger partial charge is 0.0801 e. The fraction of sp³-hybridized carbons (Fsp3) is 0.867. The fourth-order valence-corrected chi connectivity index (χ4v) is 9.95. The zero-order valence-electron chi connectivity index (χ0n) is 21.3. The summed E-state index contributed by atoms with van der Waals surface area (Å²) in [5, 5.41) is 0. The van der Waals surface area contributed by atoms with Gasteiger partial charge in [0.1, 0.15) is 0 Å². The van der Waals surface area contributed by atoms with Gasteiger partial charge >= 0.3 is 0 Å². The third-order valence-corrected chi connectivity index (χ3v) is 12.2. The highest BCUT2D eigenvalue weighted by molar-refractivity contribution is 5.48. The van der Waals surface area contributed by atoms with E-state index in [1.807, 2.05) is 5.57 Å². The molecule has 0 amide bonds. The molecular formula is C30H48. The maximum atomic E-state index is 2.78. The number of rotatable bonds is 1. The average molecular weight is 409 g/mol. The van der Waals surface area contributed by atoms with Gasteiger partial charge in [-0.1, -0.05) is 67.5 Å². The van der Waals surface area contributed by atoms with Crippen molar-refractivity contribution in [3.05, 3.63) is 23.3 Å². The van der Waals surface area contributed by atoms with Crippen LogP contribution in [0.5, 0.6) is 0 Å². The van der Waals surface area contributed by atoms with Crippen LogP contribution >= 0.6 is 0 Å². The van der Waals surface area contributed by atoms with Gasteiger partial charge in [-0.25, -0.2) is 0 Å². The Morgan fingerprint density at radius 1 is 0.833 bits per heavy atom. The predicted octanol–water partition coefficient (Wildman–Crippen LogP) is 8.97. The lowest BCUT2D eigenvalue weighted by Gasteiger charge is -2.65. The van der Waals surface area contributed by atoms with E-state index in [0.29, 0.717) is 27.1 Å². The Bertz CT molecular complexity index is 795. The van der Waals surface area contributed by atoms with Crippen molar-refractivity contribution in [3.8, 4) is 0 Å². The molecule has 0 aromatic rings. The van der Waals surface area contributed by atoms with Crippen LogP contribution in [0.3, 0.4) is 0 Å². The molecule has 0 radical (unpaired) electrons. The molecule has 0 saturated heterocycles. The molecule has 0 nitrogen and oxygen atoms in total. The van der Waals surface area contributed by atoms with Crippen molar-refractivity contribution < 1.29 is 0 Å². The molecule has 3 fully saturated rings. The van der Waals surface area contributed by atoms with Crippen LogP contribution in [0.1, 0.15) is 113 Å². The summed E-state index contributed by atoms with van der Waals surface area (Å²) in [4.78, 5) is 0. The lowest BCUT2D eigenvalue weighted by Crippen LogP contribution is -2.57. The van der Waals surface area contributed by atoms with E-state index in [0.717, 1.165) is 23.7 Å². The van der Waals surface area contributed by atoms with Crippen LogP contribution in [0, 0.1) is 50.7 Å². The Morgan fingerprint density at radius 2 is 1.57 bits per heavy atom. The van der Waals surface area contributed by atoms with Gasteiger partial charge in [-0.3, -0.25) is 0 Å². The van der Waals surface area contributed by atoms with Crippen LogP contribution in [0.25, 0.3) is 0 Å². The molecule has 7 atom stereocenters. The average Bonchev–Trinajstić information content (AvgIpc) is 3.02. The third-order valence-electron chi connectivity index (χ3n) is 12.2. The fourth-order valence-electron chi connectivity index (χ4n) is 9.95. The smallest absolute Gasteiger partial charge is 0.00159 e. The SMILES string of the molecule is CC(C)C1CCC2C1(C)CCC1(C)C3=CCC4(C)CCC(C)(C)CC4C3=CCC21C. The monoisotopic (exact) mass is 408 g/mol. The summed E-state index contributed by atoms with van der Waals surface area (Å²) in [7, 11) is 0. The Hall–Kier alpha value is -0.520. The number of hydrogen-bond acceptors (Lipinski definition) is 0. The summed E-state index contributed by atoms with van der Waals surface area (Å²) in [6.07, 6.45) is 18.2. The van der Waals surface area contributed by atoms with E-state index < -0.39 is 0 Å². The van der Waals surface area contributed by atoms with Gasteiger partial charge in [0.2, 0.25) is 0 Å². The van der Waals surface area contributed by atoms with Gasteiger partial charge in [-0.15, -0.1) is 0 Å². The van der Waals surface area contributed by atoms with Crippen LogP contribution in [0.15, 0.2) is 23.3 Å². The molecule has 5 aliphatic carbocycles. The van der Waals surface area contributed by atoms with E-state index in [2.05, 4.69) is 67.5 Å². The highest BCUT2D eigenvalue weighted by Gasteiger charge is 2.65. The van der Waals surface area contributed by atoms with Crippen LogP contribution < -0.4 is 0 Å². The van der Waals surface area contributed by atoms with E-state index in [-0.39, 0.29) is 0 Å². The minimum atomic E-state index is 0.385. The molecule has 0 heterocycles. The van der Waals surface area contributed by atoms with Crippen molar-refractivity contribution in [2.75, 3.05) is 0 Å². The summed E-state index contributed by atoms with van der Waals surface area (Å²) >= 11 is 0. The molecule has 0 bridgehead atoms. The van der Waals surface area contributed by atoms with E-state index >= 15 is 0 Å². The van der Waals surface area contributed by atoms with Gasteiger partial charge in [0.05, 0.1) is 0 Å². The molecule has 30 heavy (non-hydrogen) atoms. The van der Waals surface area contributed by atoms with Gasteiger partial charge in [0.15, 0.2) is 0 Å². The first kappa shape index (κ1) is 21.3. The first-order chi connectivity index (χ1) is 13.9. The predicted molar refractivity (Wildman–Crippen MR) is 129 cm³/mol. The third kappa shape index (κ3) is 2.58. The van der Waals surface area contributed by atoms with E-state index in [9.17, 15) is 0 Å². The molecule has 0 aromatic carbocycles. The lowest BCUT2D eigenvalue weighted by molar-refractivity contribution is -0.100. The normalized spacial score (nSPS) is 52.0. The van der Waals surface area contributed by atoms with Crippen LogP contribution in [0.4, 0.5) is 0 Å². The lowest BCUT2D eigenvalue weighted by atomic mass is 9.39. The topological polar surface area (TPSA) is 0 Å². The summed E-state index contributed by atoms with van der Waals surface area (Å²) < 4.78 is 0. The van der Waals surface area contributed by atoms with Crippen molar-refractivity contribution in [2.45, 2.75) is 113 Å². The van der Waals surface area contributed by atoms with E-state index in [4.69, 9.17) is 0 Å². The second-order valence-corrected chi connectivity index (χ2v) is 14.5. The molecule has 0 spiro atoms. The van der Waals surface area contributed by atoms with E-state index in [1.54, 1.807) is 5.57 Å². The zero-order chi connectivity index (χ0) is 21.7. The Kier molecular flexibility index (Phi) is 4.47. The maximum absolute atomic E-state index is 2.78. The second-order valence-electron chi connectivity index (χ2n) is 14.5. The van der Waals surface area contributed by atoms with Crippen LogP contribution in [0.2, 0.25) is 0 Å². The van der Waals surface area contributed by atoms with Crippen molar-refractivity contribution in [2.24, 2.45) is 50.7 Å². The van der Waals surface area contributed by atoms with Crippen molar-refractivity contribution in [1.82, 2.24) is 0 Å². The molecule has 0 aromatic heterocycles. The maximum Gasteiger partial charge on any atom is -0.00159 e. The molecule has 5 aliphatic rings. The molecule has 0 aliphatic heterocycles. The number of hydrogen-bond donors (Lipinski definition) is 0. The molecule has 3 saturated carbocycles. The summed E-state index contributed by atoms with van der Waals surface area (Å²) in [5.74, 6) is 3.45. The minimum Gasteiger partial charge on any atom is -0.0801 e. The van der Waals surface area contributed by atoms with Gasteiger partial charge in [-0.05, 0) is 120 Å². The van der Waals surface area contributed by atoms with Crippen molar-refractivity contribution in [1.29, 1.82) is 0 Å². The second kappa shape index (κ2) is 6.29. The zero-order valence-corrected chi connectivity index (χ0v) is 21.3. The van der Waals surface area contributed by atoms with Crippen molar-refractivity contribution >= 4 is 0 Å². The summed E-state index contributed by atoms with van der Waals surface area (Å²) in [5.41, 5.74) is 6.02. The van der Waals surface area contributed by atoms with Crippen LogP contribution in [-0.2, 0) is 0 Å². The van der Waals surface area contributed by atoms with Gasteiger partial charge in [-0.2, -0.15) is 0 Å². The molecular weight excluding hydrogens is 360 g/mol. The molecule has 0 heteroatoms. The number of allylic oxidation sites excluding steroid dienone is 4. The molecule has 5 rings (SSSR count). The first-order valence-electron chi connectivity index (χ1n) is 13.3. The van der Waals surface area contributed by atoms with E-state index in [1.165, 1.54) is 57.8 Å². The number of fused-ring (bicyclic) bond motifs is 7.